The maximum atomic E-state index is 10.2. The molecule has 4 aliphatic carbocycles. The molecule has 1 aromatic carbocycles. The average molecular weight is 359 g/mol. The van der Waals surface area contributed by atoms with E-state index in [2.05, 4.69) is 38.1 Å². The lowest BCUT2D eigenvalue weighted by molar-refractivity contribution is -0.899. The molecule has 3 nitrogen and oxygen atoms in total. The maximum absolute atomic E-state index is 10.2. The molecule has 1 atom stereocenters. The number of nitrogens with one attached hydrogen (secondary N) is 1. The van der Waals surface area contributed by atoms with Crippen molar-refractivity contribution in [3.8, 4) is 5.75 Å². The summed E-state index contributed by atoms with van der Waals surface area (Å²) >= 11 is 0. The summed E-state index contributed by atoms with van der Waals surface area (Å²) in [5, 5.41) is 10.2. The Hall–Kier alpha value is -1.06. The molecule has 26 heavy (non-hydrogen) atoms. The van der Waals surface area contributed by atoms with Crippen molar-refractivity contribution in [1.82, 2.24) is 0 Å². The van der Waals surface area contributed by atoms with Crippen LogP contribution in [0.2, 0.25) is 0 Å². The topological polar surface area (TPSA) is 33.9 Å². The number of rotatable bonds is 8. The standard InChI is InChI=1S/C23H35NO2/c1-3-24(4-2)15-21(25)16-26-22-7-5-20(6-8-22)23-12-17-9-18(13-23)11-19(10-17)14-23/h5-8,17-19,21,25H,3-4,9-16H2,1-2H3/p+1/t17?,18?,19?,21-,23?/m0/s1. The van der Waals surface area contributed by atoms with Gasteiger partial charge in [0.2, 0.25) is 0 Å². The molecule has 0 amide bonds. The van der Waals surface area contributed by atoms with Crippen LogP contribution in [0.25, 0.3) is 0 Å². The highest BCUT2D eigenvalue weighted by atomic mass is 16.5. The molecule has 4 bridgehead atoms. The van der Waals surface area contributed by atoms with Gasteiger partial charge in [0.1, 0.15) is 25.0 Å². The number of likely N-dealkylation sites (N-methyl/N-ethyl adjacent to an activating group) is 1. The Morgan fingerprint density at radius 2 is 1.54 bits per heavy atom. The summed E-state index contributed by atoms with van der Waals surface area (Å²) in [5.41, 5.74) is 2.00. The Balaban J connectivity index is 1.35. The van der Waals surface area contributed by atoms with Gasteiger partial charge in [-0.05, 0) is 93.2 Å². The van der Waals surface area contributed by atoms with Gasteiger partial charge in [-0.2, -0.15) is 0 Å². The zero-order valence-electron chi connectivity index (χ0n) is 16.5. The van der Waals surface area contributed by atoms with Crippen LogP contribution in [0.1, 0.15) is 57.9 Å². The summed E-state index contributed by atoms with van der Waals surface area (Å²) in [6.07, 6.45) is 8.31. The van der Waals surface area contributed by atoms with Gasteiger partial charge in [-0.1, -0.05) is 12.1 Å². The highest BCUT2D eigenvalue weighted by molar-refractivity contribution is 5.34. The minimum absolute atomic E-state index is 0.389. The second-order valence-electron chi connectivity index (χ2n) is 9.35. The van der Waals surface area contributed by atoms with Crippen LogP contribution < -0.4 is 9.64 Å². The van der Waals surface area contributed by atoms with Gasteiger partial charge in [-0.3, -0.25) is 0 Å². The Morgan fingerprint density at radius 3 is 2.04 bits per heavy atom. The van der Waals surface area contributed by atoms with Crippen molar-refractivity contribution in [1.29, 1.82) is 0 Å². The Morgan fingerprint density at radius 1 is 1.00 bits per heavy atom. The quantitative estimate of drug-likeness (QED) is 0.749. The zero-order chi connectivity index (χ0) is 18.1. The maximum Gasteiger partial charge on any atom is 0.137 e. The minimum atomic E-state index is -0.396. The number of quaternary nitrogens is 1. The van der Waals surface area contributed by atoms with E-state index in [1.54, 1.807) is 0 Å². The molecule has 0 unspecified atom stereocenters. The lowest BCUT2D eigenvalue weighted by Crippen LogP contribution is -3.12. The first-order valence-electron chi connectivity index (χ1n) is 10.8. The third-order valence-electron chi connectivity index (χ3n) is 7.47. The van der Waals surface area contributed by atoms with E-state index >= 15 is 0 Å². The van der Waals surface area contributed by atoms with Gasteiger partial charge in [0.15, 0.2) is 0 Å². The van der Waals surface area contributed by atoms with Gasteiger partial charge in [-0.25, -0.2) is 0 Å². The molecule has 1 aromatic rings. The number of aliphatic hydroxyl groups is 1. The van der Waals surface area contributed by atoms with Gasteiger partial charge in [0, 0.05) is 0 Å². The predicted octanol–water partition coefficient (Wildman–Crippen LogP) is 2.82. The van der Waals surface area contributed by atoms with E-state index < -0.39 is 6.10 Å². The van der Waals surface area contributed by atoms with Gasteiger partial charge in [-0.15, -0.1) is 0 Å². The molecule has 0 spiro atoms. The molecule has 0 saturated heterocycles. The fraction of sp³-hybridized carbons (Fsp3) is 0.739. The molecule has 0 aromatic heterocycles. The molecule has 0 radical (unpaired) electrons. The Labute approximate surface area is 158 Å². The fourth-order valence-corrected chi connectivity index (χ4v) is 6.49. The molecule has 0 heterocycles. The molecular weight excluding hydrogens is 322 g/mol. The molecule has 5 rings (SSSR count). The van der Waals surface area contributed by atoms with Crippen LogP contribution in [0.4, 0.5) is 0 Å². The number of aliphatic hydroxyl groups excluding tert-OH is 1. The number of benzene rings is 1. The summed E-state index contributed by atoms with van der Waals surface area (Å²) in [6, 6.07) is 8.88. The first-order chi connectivity index (χ1) is 12.6. The highest BCUT2D eigenvalue weighted by Crippen LogP contribution is 2.60. The Kier molecular flexibility index (Phi) is 5.29. The summed E-state index contributed by atoms with van der Waals surface area (Å²) < 4.78 is 5.87. The SMILES string of the molecule is CC[NH+](CC)C[C@H](O)COc1ccc(C23CC4CC(CC(C4)C2)C3)cc1. The van der Waals surface area contributed by atoms with Crippen LogP contribution in [0.15, 0.2) is 24.3 Å². The number of ether oxygens (including phenoxy) is 1. The molecular formula is C23H36NO2+. The van der Waals surface area contributed by atoms with Crippen molar-refractivity contribution < 1.29 is 14.7 Å². The van der Waals surface area contributed by atoms with E-state index in [1.807, 2.05) is 0 Å². The zero-order valence-corrected chi connectivity index (χ0v) is 16.5. The molecule has 144 valence electrons. The molecule has 3 heteroatoms. The fourth-order valence-electron chi connectivity index (χ4n) is 6.49. The van der Waals surface area contributed by atoms with Crippen molar-refractivity contribution in [3.63, 3.8) is 0 Å². The summed E-state index contributed by atoms with van der Waals surface area (Å²) in [5.74, 6) is 3.84. The van der Waals surface area contributed by atoms with E-state index in [0.29, 0.717) is 12.0 Å². The number of hydrogen-bond acceptors (Lipinski definition) is 2. The first kappa shape index (κ1) is 18.3. The van der Waals surface area contributed by atoms with Crippen molar-refractivity contribution in [2.75, 3.05) is 26.2 Å². The van der Waals surface area contributed by atoms with E-state index in [9.17, 15) is 5.11 Å². The van der Waals surface area contributed by atoms with Crippen LogP contribution in [0.5, 0.6) is 5.75 Å². The molecule has 4 aliphatic rings. The van der Waals surface area contributed by atoms with Crippen molar-refractivity contribution in [2.45, 2.75) is 63.9 Å². The lowest BCUT2D eigenvalue weighted by atomic mass is 9.48. The van der Waals surface area contributed by atoms with Crippen LogP contribution in [0, 0.1) is 17.8 Å². The smallest absolute Gasteiger partial charge is 0.137 e. The average Bonchev–Trinajstić information content (AvgIpc) is 2.64. The van der Waals surface area contributed by atoms with E-state index in [0.717, 1.165) is 43.1 Å². The highest BCUT2D eigenvalue weighted by Gasteiger charge is 2.51. The lowest BCUT2D eigenvalue weighted by Gasteiger charge is -2.57. The second kappa shape index (κ2) is 7.52. The normalized spacial score (nSPS) is 33.6. The van der Waals surface area contributed by atoms with Gasteiger partial charge < -0.3 is 14.7 Å². The van der Waals surface area contributed by atoms with Gasteiger partial charge in [0.25, 0.3) is 0 Å². The van der Waals surface area contributed by atoms with E-state index in [4.69, 9.17) is 4.74 Å². The van der Waals surface area contributed by atoms with Crippen LogP contribution >= 0.6 is 0 Å². The van der Waals surface area contributed by atoms with Gasteiger partial charge in [0.05, 0.1) is 13.1 Å². The summed E-state index contributed by atoms with van der Waals surface area (Å²) in [6.45, 7) is 7.57. The predicted molar refractivity (Wildman–Crippen MR) is 105 cm³/mol. The summed E-state index contributed by atoms with van der Waals surface area (Å²) in [7, 11) is 0. The van der Waals surface area contributed by atoms with Crippen molar-refractivity contribution in [3.05, 3.63) is 29.8 Å². The third kappa shape index (κ3) is 3.66. The van der Waals surface area contributed by atoms with Gasteiger partial charge >= 0.3 is 0 Å². The first-order valence-corrected chi connectivity index (χ1v) is 10.8. The van der Waals surface area contributed by atoms with E-state index in [-0.39, 0.29) is 0 Å². The van der Waals surface area contributed by atoms with Crippen LogP contribution in [0.3, 0.4) is 0 Å². The molecule has 4 fully saturated rings. The second-order valence-corrected chi connectivity index (χ2v) is 9.35. The monoisotopic (exact) mass is 358 g/mol. The van der Waals surface area contributed by atoms with Crippen LogP contribution in [-0.4, -0.2) is 37.5 Å². The Bertz CT molecular complexity index is 557. The number of hydrogen-bond donors (Lipinski definition) is 2. The molecule has 0 aliphatic heterocycles. The molecule has 4 saturated carbocycles. The van der Waals surface area contributed by atoms with Crippen molar-refractivity contribution >= 4 is 0 Å². The summed E-state index contributed by atoms with van der Waals surface area (Å²) in [4.78, 5) is 1.42. The minimum Gasteiger partial charge on any atom is -0.491 e. The largest absolute Gasteiger partial charge is 0.491 e. The van der Waals surface area contributed by atoms with E-state index in [1.165, 1.54) is 49.0 Å². The molecule has 2 N–H and O–H groups in total. The third-order valence-corrected chi connectivity index (χ3v) is 7.47. The van der Waals surface area contributed by atoms with Crippen LogP contribution in [-0.2, 0) is 5.41 Å². The van der Waals surface area contributed by atoms with Crippen molar-refractivity contribution in [2.24, 2.45) is 17.8 Å².